The number of hydrogen-bond acceptors (Lipinski definition) is 6. The molecule has 3 atom stereocenters. The van der Waals surface area contributed by atoms with Crippen molar-refractivity contribution in [1.29, 1.82) is 0 Å². The van der Waals surface area contributed by atoms with E-state index in [2.05, 4.69) is 24.1 Å². The van der Waals surface area contributed by atoms with E-state index in [-0.39, 0.29) is 24.3 Å². The molecule has 1 fully saturated rings. The number of ether oxygens (including phenoxy) is 1. The number of thioether (sulfide) groups is 1. The number of amides is 1. The van der Waals surface area contributed by atoms with Gasteiger partial charge in [0, 0.05) is 6.04 Å². The van der Waals surface area contributed by atoms with E-state index < -0.39 is 5.97 Å². The van der Waals surface area contributed by atoms with Gasteiger partial charge in [0.1, 0.15) is 11.3 Å². The fourth-order valence-corrected chi connectivity index (χ4v) is 3.89. The molecule has 0 saturated heterocycles. The molecule has 1 N–H and O–H groups in total. The number of carbonyl (C=O) groups is 2. The summed E-state index contributed by atoms with van der Waals surface area (Å²) >= 11 is 1.16. The van der Waals surface area contributed by atoms with Crippen LogP contribution in [0.1, 0.15) is 33.1 Å². The molecule has 1 aromatic carbocycles. The van der Waals surface area contributed by atoms with Gasteiger partial charge in [-0.2, -0.15) is 0 Å². The molecule has 1 heterocycles. The van der Waals surface area contributed by atoms with Crippen LogP contribution in [0.25, 0.3) is 11.1 Å². The molecule has 0 spiro atoms. The van der Waals surface area contributed by atoms with E-state index in [0.29, 0.717) is 22.6 Å². The van der Waals surface area contributed by atoms with Crippen molar-refractivity contribution < 1.29 is 18.7 Å². The van der Waals surface area contributed by atoms with Gasteiger partial charge in [-0.3, -0.25) is 9.59 Å². The van der Waals surface area contributed by atoms with Crippen molar-refractivity contribution >= 4 is 34.7 Å². The van der Waals surface area contributed by atoms with Crippen molar-refractivity contribution in [3.05, 3.63) is 24.3 Å². The Labute approximate surface area is 157 Å². The van der Waals surface area contributed by atoms with Gasteiger partial charge in [-0.05, 0) is 30.4 Å². The summed E-state index contributed by atoms with van der Waals surface area (Å²) in [4.78, 5) is 28.2. The Morgan fingerprint density at radius 3 is 2.92 bits per heavy atom. The second-order valence-corrected chi connectivity index (χ2v) is 7.76. The minimum absolute atomic E-state index is 0.0525. The highest BCUT2D eigenvalue weighted by atomic mass is 32.2. The Morgan fingerprint density at radius 2 is 2.12 bits per heavy atom. The van der Waals surface area contributed by atoms with Gasteiger partial charge in [-0.15, -0.1) is 0 Å². The highest BCUT2D eigenvalue weighted by Gasteiger charge is 2.28. The summed E-state index contributed by atoms with van der Waals surface area (Å²) < 4.78 is 10.6. The molecule has 0 radical (unpaired) electrons. The lowest BCUT2D eigenvalue weighted by molar-refractivity contribution is -0.146. The number of para-hydroxylation sites is 2. The average molecular weight is 376 g/mol. The average Bonchev–Trinajstić information content (AvgIpc) is 3.05. The third kappa shape index (κ3) is 4.78. The Kier molecular flexibility index (Phi) is 6.19. The van der Waals surface area contributed by atoms with Crippen LogP contribution in [0.3, 0.4) is 0 Å². The number of hydrogen-bond donors (Lipinski definition) is 1. The molecule has 0 aliphatic heterocycles. The van der Waals surface area contributed by atoms with Crippen LogP contribution in [0.4, 0.5) is 0 Å². The quantitative estimate of drug-likeness (QED) is 0.615. The van der Waals surface area contributed by atoms with Crippen LogP contribution in [0.15, 0.2) is 33.9 Å². The lowest BCUT2D eigenvalue weighted by Crippen LogP contribution is -2.45. The van der Waals surface area contributed by atoms with Crippen LogP contribution in [0, 0.1) is 11.8 Å². The minimum atomic E-state index is -0.461. The second-order valence-electron chi connectivity index (χ2n) is 6.84. The molecule has 7 heteroatoms. The first-order valence-corrected chi connectivity index (χ1v) is 9.95. The molecule has 1 saturated carbocycles. The van der Waals surface area contributed by atoms with E-state index in [1.165, 1.54) is 6.42 Å². The Bertz CT molecular complexity index is 743. The summed E-state index contributed by atoms with van der Waals surface area (Å²) in [6.45, 7) is 4.13. The number of rotatable bonds is 6. The summed E-state index contributed by atoms with van der Waals surface area (Å²) in [6, 6.07) is 7.57. The first-order chi connectivity index (χ1) is 12.5. The SMILES string of the molecule is C[C@H]1[C@@H](NC(=O)COC(=O)CSc2nc3ccccc3o2)CCC[C@@H]1C. The van der Waals surface area contributed by atoms with Crippen molar-refractivity contribution in [2.45, 2.75) is 44.4 Å². The predicted octanol–water partition coefficient (Wildman–Crippen LogP) is 3.40. The lowest BCUT2D eigenvalue weighted by atomic mass is 9.78. The van der Waals surface area contributed by atoms with Gasteiger partial charge in [0.25, 0.3) is 11.1 Å². The number of fused-ring (bicyclic) bond motifs is 1. The Balaban J connectivity index is 1.40. The molecule has 6 nitrogen and oxygen atoms in total. The van der Waals surface area contributed by atoms with E-state index in [1.54, 1.807) is 0 Å². The van der Waals surface area contributed by atoms with Gasteiger partial charge in [0.15, 0.2) is 12.2 Å². The summed E-state index contributed by atoms with van der Waals surface area (Å²) in [7, 11) is 0. The fourth-order valence-electron chi connectivity index (χ4n) is 3.26. The summed E-state index contributed by atoms with van der Waals surface area (Å²) in [6.07, 6.45) is 3.31. The molecule has 1 aliphatic rings. The zero-order valence-electron chi connectivity index (χ0n) is 15.1. The van der Waals surface area contributed by atoms with Crippen LogP contribution in [0.2, 0.25) is 0 Å². The van der Waals surface area contributed by atoms with E-state index >= 15 is 0 Å². The molecule has 1 aromatic heterocycles. The van der Waals surface area contributed by atoms with Crippen LogP contribution < -0.4 is 5.32 Å². The molecular formula is C19H24N2O4S. The highest BCUT2D eigenvalue weighted by molar-refractivity contribution is 7.99. The van der Waals surface area contributed by atoms with Gasteiger partial charge in [0.05, 0.1) is 0 Å². The number of nitrogens with one attached hydrogen (secondary N) is 1. The zero-order chi connectivity index (χ0) is 18.5. The molecule has 140 valence electrons. The third-order valence-electron chi connectivity index (χ3n) is 5.01. The Hall–Kier alpha value is -2.02. The van der Waals surface area contributed by atoms with Gasteiger partial charge in [-0.1, -0.05) is 50.6 Å². The molecule has 1 amide bonds. The topological polar surface area (TPSA) is 81.4 Å². The maximum absolute atomic E-state index is 12.0. The normalized spacial score (nSPS) is 22.9. The van der Waals surface area contributed by atoms with Crippen LogP contribution in [0.5, 0.6) is 0 Å². The van der Waals surface area contributed by atoms with Gasteiger partial charge >= 0.3 is 5.97 Å². The molecule has 0 bridgehead atoms. The summed E-state index contributed by atoms with van der Waals surface area (Å²) in [5, 5.41) is 3.41. The van der Waals surface area contributed by atoms with E-state index in [0.717, 1.165) is 30.1 Å². The molecular weight excluding hydrogens is 352 g/mol. The molecule has 26 heavy (non-hydrogen) atoms. The van der Waals surface area contributed by atoms with Crippen molar-refractivity contribution in [3.8, 4) is 0 Å². The largest absolute Gasteiger partial charge is 0.455 e. The summed E-state index contributed by atoms with van der Waals surface area (Å²) in [5.74, 6) is 0.396. The number of benzene rings is 1. The Morgan fingerprint density at radius 1 is 1.31 bits per heavy atom. The van der Waals surface area contributed by atoms with Crippen LogP contribution in [-0.2, 0) is 14.3 Å². The first-order valence-electron chi connectivity index (χ1n) is 8.96. The van der Waals surface area contributed by atoms with E-state index in [4.69, 9.17) is 9.15 Å². The highest BCUT2D eigenvalue weighted by Crippen LogP contribution is 2.29. The van der Waals surface area contributed by atoms with E-state index in [1.807, 2.05) is 24.3 Å². The summed E-state index contributed by atoms with van der Waals surface area (Å²) in [5.41, 5.74) is 1.43. The molecule has 0 unspecified atom stereocenters. The number of nitrogens with zero attached hydrogens (tertiary/aromatic N) is 1. The molecule has 2 aromatic rings. The van der Waals surface area contributed by atoms with Gasteiger partial charge < -0.3 is 14.5 Å². The molecule has 3 rings (SSSR count). The van der Waals surface area contributed by atoms with Crippen LogP contribution in [-0.4, -0.2) is 35.3 Å². The van der Waals surface area contributed by atoms with E-state index in [9.17, 15) is 9.59 Å². The van der Waals surface area contributed by atoms with Gasteiger partial charge in [-0.25, -0.2) is 4.98 Å². The van der Waals surface area contributed by atoms with Crippen LogP contribution >= 0.6 is 11.8 Å². The van der Waals surface area contributed by atoms with Gasteiger partial charge in [0.2, 0.25) is 0 Å². The smallest absolute Gasteiger partial charge is 0.316 e. The molecule has 1 aliphatic carbocycles. The zero-order valence-corrected chi connectivity index (χ0v) is 15.9. The standard InChI is InChI=1S/C19H24N2O4S/c1-12-6-5-8-14(13(12)2)20-17(22)10-24-18(23)11-26-19-21-15-7-3-4-9-16(15)25-19/h3-4,7,9,12-14H,5-6,8,10-11H2,1-2H3,(H,20,22)/t12-,13+,14-/m0/s1. The van der Waals surface area contributed by atoms with Crippen molar-refractivity contribution in [1.82, 2.24) is 10.3 Å². The maximum Gasteiger partial charge on any atom is 0.316 e. The van der Waals surface area contributed by atoms with Crippen molar-refractivity contribution in [2.75, 3.05) is 12.4 Å². The second kappa shape index (κ2) is 8.58. The van der Waals surface area contributed by atoms with Crippen molar-refractivity contribution in [3.63, 3.8) is 0 Å². The number of carbonyl (C=O) groups excluding carboxylic acids is 2. The number of aromatic nitrogens is 1. The predicted molar refractivity (Wildman–Crippen MR) is 99.8 cm³/mol. The first kappa shape index (κ1) is 18.8. The number of oxazole rings is 1. The fraction of sp³-hybridized carbons (Fsp3) is 0.526. The lowest BCUT2D eigenvalue weighted by Gasteiger charge is -2.34. The third-order valence-corrected chi connectivity index (χ3v) is 5.81. The number of esters is 1. The maximum atomic E-state index is 12.0. The van der Waals surface area contributed by atoms with Crippen molar-refractivity contribution in [2.24, 2.45) is 11.8 Å². The minimum Gasteiger partial charge on any atom is -0.455 e. The monoisotopic (exact) mass is 376 g/mol.